The lowest BCUT2D eigenvalue weighted by atomic mass is 9.92. The van der Waals surface area contributed by atoms with E-state index in [0.717, 1.165) is 65.7 Å². The van der Waals surface area contributed by atoms with Gasteiger partial charge in [-0.15, -0.1) is 0 Å². The first-order valence-corrected chi connectivity index (χ1v) is 14.2. The molecule has 0 radical (unpaired) electrons. The number of aromatic nitrogens is 1. The van der Waals surface area contributed by atoms with Gasteiger partial charge in [0.1, 0.15) is 17.0 Å². The number of rotatable bonds is 8. The normalized spacial score (nSPS) is 23.6. The van der Waals surface area contributed by atoms with Crippen LogP contribution in [0.25, 0.3) is 10.9 Å². The van der Waals surface area contributed by atoms with Crippen LogP contribution in [0, 0.1) is 18.8 Å². The number of likely N-dealkylation sites (tertiary alicyclic amines) is 1. The highest BCUT2D eigenvalue weighted by Crippen LogP contribution is 2.35. The Kier molecular flexibility index (Phi) is 7.72. The molecule has 2 aromatic carbocycles. The highest BCUT2D eigenvalue weighted by Gasteiger charge is 2.47. The Hall–Kier alpha value is -3.32. The maximum atomic E-state index is 14.0. The van der Waals surface area contributed by atoms with E-state index in [-0.39, 0.29) is 11.8 Å². The van der Waals surface area contributed by atoms with Crippen molar-refractivity contribution in [1.29, 1.82) is 0 Å². The quantitative estimate of drug-likeness (QED) is 0.423. The standard InChI is InChI=1S/C32H42N4O3/c1-22-7-9-25(10-8-22)20-36-30(37)29-16-26-11-12-27(39-5)17-28(26)35(29)21-32(36,4)31(38)33-13-6-14-34-18-23(2)15-24(3)19-34/h7-12,16-17,23-24H,6,13-15,18-21H2,1-5H3,(H,33,38). The maximum absolute atomic E-state index is 14.0. The zero-order chi connectivity index (χ0) is 27.7. The van der Waals surface area contributed by atoms with Crippen molar-refractivity contribution >= 4 is 22.7 Å². The monoisotopic (exact) mass is 530 g/mol. The van der Waals surface area contributed by atoms with Gasteiger partial charge in [0.15, 0.2) is 0 Å². The molecule has 2 amide bonds. The average Bonchev–Trinajstić information content (AvgIpc) is 3.27. The molecule has 1 saturated heterocycles. The summed E-state index contributed by atoms with van der Waals surface area (Å²) in [5.41, 5.74) is 2.63. The molecule has 0 aliphatic carbocycles. The van der Waals surface area contributed by atoms with Gasteiger partial charge in [0, 0.05) is 37.6 Å². The number of fused-ring (bicyclic) bond motifs is 3. The molecule has 0 saturated carbocycles. The fourth-order valence-corrected chi connectivity index (χ4v) is 6.45. The third-order valence-electron chi connectivity index (χ3n) is 8.47. The van der Waals surface area contributed by atoms with Crippen molar-refractivity contribution in [3.8, 4) is 5.75 Å². The van der Waals surface area contributed by atoms with Crippen molar-refractivity contribution in [2.24, 2.45) is 11.8 Å². The second-order valence-electron chi connectivity index (χ2n) is 12.0. The van der Waals surface area contributed by atoms with E-state index in [2.05, 4.69) is 24.1 Å². The van der Waals surface area contributed by atoms with Gasteiger partial charge in [-0.2, -0.15) is 0 Å². The predicted molar refractivity (Wildman–Crippen MR) is 155 cm³/mol. The number of amides is 2. The zero-order valence-electron chi connectivity index (χ0n) is 24.0. The lowest BCUT2D eigenvalue weighted by Gasteiger charge is -2.44. The minimum Gasteiger partial charge on any atom is -0.497 e. The number of benzene rings is 2. The summed E-state index contributed by atoms with van der Waals surface area (Å²) in [5, 5.41) is 4.16. The Bertz CT molecular complexity index is 1340. The van der Waals surface area contributed by atoms with Gasteiger partial charge < -0.3 is 24.4 Å². The molecule has 2 aliphatic heterocycles. The fraction of sp³-hybridized carbons (Fsp3) is 0.500. The topological polar surface area (TPSA) is 66.8 Å². The summed E-state index contributed by atoms with van der Waals surface area (Å²) >= 11 is 0. The van der Waals surface area contributed by atoms with Crippen LogP contribution in [0.3, 0.4) is 0 Å². The molecular weight excluding hydrogens is 488 g/mol. The van der Waals surface area contributed by atoms with Crippen molar-refractivity contribution in [3.05, 3.63) is 65.4 Å². The van der Waals surface area contributed by atoms with Gasteiger partial charge in [-0.3, -0.25) is 9.59 Å². The van der Waals surface area contributed by atoms with E-state index in [1.165, 1.54) is 6.42 Å². The van der Waals surface area contributed by atoms with E-state index in [1.807, 2.05) is 66.9 Å². The second kappa shape index (κ2) is 11.0. The van der Waals surface area contributed by atoms with Crippen molar-refractivity contribution in [1.82, 2.24) is 19.7 Å². The molecule has 39 heavy (non-hydrogen) atoms. The van der Waals surface area contributed by atoms with Gasteiger partial charge in [-0.05, 0) is 68.8 Å². The Morgan fingerprint density at radius 3 is 2.49 bits per heavy atom. The molecule has 1 N–H and O–H groups in total. The summed E-state index contributed by atoms with van der Waals surface area (Å²) in [4.78, 5) is 32.2. The summed E-state index contributed by atoms with van der Waals surface area (Å²) in [6, 6.07) is 15.9. The van der Waals surface area contributed by atoms with Gasteiger partial charge in [0.25, 0.3) is 5.91 Å². The van der Waals surface area contributed by atoms with E-state index in [0.29, 0.717) is 25.3 Å². The lowest BCUT2D eigenvalue weighted by molar-refractivity contribution is -0.133. The third-order valence-corrected chi connectivity index (χ3v) is 8.47. The van der Waals surface area contributed by atoms with Gasteiger partial charge in [0.2, 0.25) is 5.91 Å². The molecule has 3 unspecified atom stereocenters. The molecule has 3 heterocycles. The molecule has 7 heteroatoms. The zero-order valence-corrected chi connectivity index (χ0v) is 24.0. The van der Waals surface area contributed by atoms with Crippen LogP contribution >= 0.6 is 0 Å². The van der Waals surface area contributed by atoms with Crippen molar-refractivity contribution in [2.45, 2.75) is 59.2 Å². The van der Waals surface area contributed by atoms with Crippen molar-refractivity contribution in [2.75, 3.05) is 33.3 Å². The molecule has 0 bridgehead atoms. The summed E-state index contributed by atoms with van der Waals surface area (Å²) in [6.45, 7) is 13.2. The SMILES string of the molecule is COc1ccc2cc3n(c2c1)CC(C)(C(=O)NCCCN1CC(C)CC(C)C1)N(Cc1ccc(C)cc1)C3=O. The number of carbonyl (C=O) groups is 2. The van der Waals surface area contributed by atoms with E-state index < -0.39 is 5.54 Å². The molecule has 3 aromatic rings. The van der Waals surface area contributed by atoms with E-state index in [9.17, 15) is 9.59 Å². The molecular formula is C32H42N4O3. The highest BCUT2D eigenvalue weighted by molar-refractivity contribution is 6.03. The second-order valence-corrected chi connectivity index (χ2v) is 12.0. The van der Waals surface area contributed by atoms with Crippen LogP contribution in [-0.4, -0.2) is 65.0 Å². The van der Waals surface area contributed by atoms with E-state index in [4.69, 9.17) is 4.74 Å². The first-order chi connectivity index (χ1) is 18.7. The summed E-state index contributed by atoms with van der Waals surface area (Å²) in [5.74, 6) is 1.92. The number of nitrogens with one attached hydrogen (secondary N) is 1. The summed E-state index contributed by atoms with van der Waals surface area (Å²) < 4.78 is 7.44. The van der Waals surface area contributed by atoms with Crippen LogP contribution in [0.4, 0.5) is 0 Å². The molecule has 208 valence electrons. The van der Waals surface area contributed by atoms with Crippen LogP contribution in [0.5, 0.6) is 5.75 Å². The number of hydrogen-bond acceptors (Lipinski definition) is 4. The Labute approximate surface area is 232 Å². The largest absolute Gasteiger partial charge is 0.497 e. The number of carbonyl (C=O) groups excluding carboxylic acids is 2. The number of hydrogen-bond donors (Lipinski definition) is 1. The Morgan fingerprint density at radius 1 is 1.08 bits per heavy atom. The number of piperidine rings is 1. The Balaban J connectivity index is 1.38. The van der Waals surface area contributed by atoms with Crippen molar-refractivity contribution < 1.29 is 14.3 Å². The number of ether oxygens (including phenoxy) is 1. The van der Waals surface area contributed by atoms with Gasteiger partial charge in [0.05, 0.1) is 19.2 Å². The van der Waals surface area contributed by atoms with E-state index >= 15 is 0 Å². The van der Waals surface area contributed by atoms with Crippen LogP contribution in [0.2, 0.25) is 0 Å². The predicted octanol–water partition coefficient (Wildman–Crippen LogP) is 4.86. The molecule has 0 spiro atoms. The molecule has 3 atom stereocenters. The van der Waals surface area contributed by atoms with Gasteiger partial charge >= 0.3 is 0 Å². The van der Waals surface area contributed by atoms with Crippen molar-refractivity contribution in [3.63, 3.8) is 0 Å². The van der Waals surface area contributed by atoms with Gasteiger partial charge in [-0.1, -0.05) is 43.7 Å². The molecule has 1 aromatic heterocycles. The molecule has 5 rings (SSSR count). The first-order valence-electron chi connectivity index (χ1n) is 14.2. The maximum Gasteiger partial charge on any atom is 0.271 e. The number of aryl methyl sites for hydroxylation is 1. The first kappa shape index (κ1) is 27.3. The minimum atomic E-state index is -1.04. The number of methoxy groups -OCH3 is 1. The lowest BCUT2D eigenvalue weighted by Crippen LogP contribution is -2.63. The summed E-state index contributed by atoms with van der Waals surface area (Å²) in [7, 11) is 1.64. The minimum absolute atomic E-state index is 0.112. The van der Waals surface area contributed by atoms with Crippen LogP contribution < -0.4 is 10.1 Å². The summed E-state index contributed by atoms with van der Waals surface area (Å²) in [6.07, 6.45) is 2.18. The fourth-order valence-electron chi connectivity index (χ4n) is 6.45. The smallest absolute Gasteiger partial charge is 0.271 e. The van der Waals surface area contributed by atoms with Crippen LogP contribution in [0.1, 0.15) is 55.2 Å². The molecule has 7 nitrogen and oxygen atoms in total. The van der Waals surface area contributed by atoms with E-state index in [1.54, 1.807) is 12.0 Å². The Morgan fingerprint density at radius 2 is 1.79 bits per heavy atom. The van der Waals surface area contributed by atoms with Crippen LogP contribution in [-0.2, 0) is 17.9 Å². The highest BCUT2D eigenvalue weighted by atomic mass is 16.5. The third kappa shape index (κ3) is 5.55. The van der Waals surface area contributed by atoms with Gasteiger partial charge in [-0.25, -0.2) is 0 Å². The average molecular weight is 531 g/mol. The van der Waals surface area contributed by atoms with Crippen LogP contribution in [0.15, 0.2) is 48.5 Å². The number of nitrogens with zero attached hydrogens (tertiary/aromatic N) is 3. The molecule has 1 fully saturated rings. The molecule has 2 aliphatic rings.